The molecule has 8 heteroatoms. The number of rotatable bonds is 2. The molecule has 0 spiro atoms. The van der Waals surface area contributed by atoms with Crippen molar-refractivity contribution in [3.63, 3.8) is 0 Å². The average Bonchev–Trinajstić information content (AvgIpc) is 3.01. The number of aromatic nitrogens is 2. The number of amides is 1. The third kappa shape index (κ3) is 3.98. The molecule has 0 fully saturated rings. The molecule has 3 heterocycles. The first-order valence-electron chi connectivity index (χ1n) is 9.06. The topological polar surface area (TPSA) is 67.3 Å². The Bertz CT molecular complexity index is 1030. The summed E-state index contributed by atoms with van der Waals surface area (Å²) in [5.41, 5.74) is 1.69. The third-order valence-electron chi connectivity index (χ3n) is 4.40. The Kier molecular flexibility index (Phi) is 5.01. The fourth-order valence-electron chi connectivity index (χ4n) is 3.17. The van der Waals surface area contributed by atoms with E-state index in [0.29, 0.717) is 13.1 Å². The molecule has 0 unspecified atom stereocenters. The van der Waals surface area contributed by atoms with Crippen LogP contribution in [0.4, 0.5) is 16.3 Å². The Morgan fingerprint density at radius 3 is 2.71 bits per heavy atom. The van der Waals surface area contributed by atoms with E-state index in [1.54, 1.807) is 22.6 Å². The Labute approximate surface area is 176 Å². The molecule has 1 aromatic carbocycles. The highest BCUT2D eigenvalue weighted by atomic mass is 79.9. The number of carbonyl (C=O) groups is 1. The van der Waals surface area contributed by atoms with Crippen LogP contribution in [0, 0.1) is 0 Å². The molecule has 0 atom stereocenters. The van der Waals surface area contributed by atoms with E-state index in [1.807, 2.05) is 45.0 Å². The molecule has 1 aliphatic heterocycles. The maximum Gasteiger partial charge on any atom is 0.410 e. The van der Waals surface area contributed by atoms with Gasteiger partial charge in [0, 0.05) is 21.6 Å². The second-order valence-electron chi connectivity index (χ2n) is 7.69. The molecule has 1 N–H and O–H groups in total. The minimum absolute atomic E-state index is 0.269. The van der Waals surface area contributed by atoms with E-state index in [1.165, 1.54) is 5.56 Å². The summed E-state index contributed by atoms with van der Waals surface area (Å²) in [7, 11) is 0. The first-order chi connectivity index (χ1) is 13.3. The molecule has 28 heavy (non-hydrogen) atoms. The maximum absolute atomic E-state index is 12.4. The van der Waals surface area contributed by atoms with Crippen molar-refractivity contribution in [3.05, 3.63) is 45.5 Å². The van der Waals surface area contributed by atoms with Crippen LogP contribution in [-0.4, -0.2) is 33.1 Å². The van der Waals surface area contributed by atoms with Gasteiger partial charge < -0.3 is 15.0 Å². The van der Waals surface area contributed by atoms with Gasteiger partial charge in [0.15, 0.2) is 0 Å². The highest BCUT2D eigenvalue weighted by Crippen LogP contribution is 2.38. The van der Waals surface area contributed by atoms with Gasteiger partial charge in [0.1, 0.15) is 22.6 Å². The first-order valence-corrected chi connectivity index (χ1v) is 10.7. The maximum atomic E-state index is 12.4. The summed E-state index contributed by atoms with van der Waals surface area (Å²) in [6.45, 7) is 6.82. The van der Waals surface area contributed by atoms with E-state index in [4.69, 9.17) is 4.74 Å². The third-order valence-corrected chi connectivity index (χ3v) is 6.05. The van der Waals surface area contributed by atoms with Crippen LogP contribution in [0.15, 0.2) is 35.1 Å². The molecule has 3 aromatic rings. The zero-order valence-corrected chi connectivity index (χ0v) is 18.4. The van der Waals surface area contributed by atoms with Crippen LogP contribution in [0.3, 0.4) is 0 Å². The largest absolute Gasteiger partial charge is 0.444 e. The summed E-state index contributed by atoms with van der Waals surface area (Å²) in [4.78, 5) is 25.2. The van der Waals surface area contributed by atoms with Gasteiger partial charge in [0.05, 0.1) is 11.9 Å². The van der Waals surface area contributed by atoms with Crippen LogP contribution in [0.5, 0.6) is 0 Å². The lowest BCUT2D eigenvalue weighted by molar-refractivity contribution is 0.0227. The van der Waals surface area contributed by atoms with E-state index in [0.717, 1.165) is 37.5 Å². The number of halogens is 1. The highest BCUT2D eigenvalue weighted by molar-refractivity contribution is 9.10. The SMILES string of the molecule is CC(C)(C)OC(=O)N1CCc2c(sc3ncnc(Nc4ccc(Br)cc4)c23)C1. The van der Waals surface area contributed by atoms with Crippen molar-refractivity contribution in [2.45, 2.75) is 39.3 Å². The normalized spacial score (nSPS) is 14.1. The van der Waals surface area contributed by atoms with E-state index >= 15 is 0 Å². The van der Waals surface area contributed by atoms with Gasteiger partial charge in [-0.05, 0) is 57.0 Å². The smallest absolute Gasteiger partial charge is 0.410 e. The van der Waals surface area contributed by atoms with Crippen molar-refractivity contribution < 1.29 is 9.53 Å². The van der Waals surface area contributed by atoms with Gasteiger partial charge in [-0.25, -0.2) is 14.8 Å². The monoisotopic (exact) mass is 460 g/mol. The number of ether oxygens (including phenoxy) is 1. The first kappa shape index (κ1) is 19.1. The van der Waals surface area contributed by atoms with E-state index in [2.05, 4.69) is 31.2 Å². The number of benzene rings is 1. The van der Waals surface area contributed by atoms with Crippen molar-refractivity contribution in [2.75, 3.05) is 11.9 Å². The second kappa shape index (κ2) is 7.33. The van der Waals surface area contributed by atoms with Gasteiger partial charge in [0.25, 0.3) is 0 Å². The van der Waals surface area contributed by atoms with Crippen LogP contribution in [-0.2, 0) is 17.7 Å². The summed E-state index contributed by atoms with van der Waals surface area (Å²) in [5, 5.41) is 4.46. The molecule has 146 valence electrons. The molecule has 0 saturated heterocycles. The molecule has 4 rings (SSSR count). The van der Waals surface area contributed by atoms with Crippen molar-refractivity contribution >= 4 is 55.1 Å². The molecule has 1 amide bonds. The van der Waals surface area contributed by atoms with Gasteiger partial charge in [0.2, 0.25) is 0 Å². The lowest BCUT2D eigenvalue weighted by Gasteiger charge is -2.30. The fraction of sp³-hybridized carbons (Fsp3) is 0.350. The van der Waals surface area contributed by atoms with Crippen LogP contribution < -0.4 is 5.32 Å². The summed E-state index contributed by atoms with van der Waals surface area (Å²) >= 11 is 5.07. The van der Waals surface area contributed by atoms with Crippen molar-refractivity contribution in [3.8, 4) is 0 Å². The molecule has 0 bridgehead atoms. The standard InChI is InChI=1S/C20H21BrN4O2S/c1-20(2,3)27-19(26)25-9-8-14-15(10-25)28-18-16(14)17(22-11-23-18)24-13-6-4-12(21)5-7-13/h4-7,11H,8-10H2,1-3H3,(H,22,23,24). The minimum atomic E-state index is -0.495. The van der Waals surface area contributed by atoms with Crippen LogP contribution in [0.25, 0.3) is 10.2 Å². The van der Waals surface area contributed by atoms with E-state index in [9.17, 15) is 4.79 Å². The summed E-state index contributed by atoms with van der Waals surface area (Å²) < 4.78 is 6.55. The molecule has 6 nitrogen and oxygen atoms in total. The molecule has 0 saturated carbocycles. The molecular weight excluding hydrogens is 440 g/mol. The van der Waals surface area contributed by atoms with Crippen molar-refractivity contribution in [1.29, 1.82) is 0 Å². The van der Waals surface area contributed by atoms with Crippen molar-refractivity contribution in [2.24, 2.45) is 0 Å². The lowest BCUT2D eigenvalue weighted by atomic mass is 10.1. The van der Waals surface area contributed by atoms with E-state index in [-0.39, 0.29) is 6.09 Å². The molecule has 1 aliphatic rings. The predicted octanol–water partition coefficient (Wildman–Crippen LogP) is 5.49. The average molecular weight is 461 g/mol. The van der Waals surface area contributed by atoms with Crippen LogP contribution >= 0.6 is 27.3 Å². The Balaban J connectivity index is 1.63. The van der Waals surface area contributed by atoms with Crippen LogP contribution in [0.1, 0.15) is 31.2 Å². The Morgan fingerprint density at radius 2 is 2.00 bits per heavy atom. The quantitative estimate of drug-likeness (QED) is 0.547. The zero-order chi connectivity index (χ0) is 19.9. The van der Waals surface area contributed by atoms with Gasteiger partial charge in [-0.2, -0.15) is 0 Å². The number of fused-ring (bicyclic) bond motifs is 3. The summed E-state index contributed by atoms with van der Waals surface area (Å²) in [6.07, 6.45) is 2.07. The number of anilines is 2. The van der Waals surface area contributed by atoms with Crippen molar-refractivity contribution in [1.82, 2.24) is 14.9 Å². The number of carbonyl (C=O) groups excluding carboxylic acids is 1. The second-order valence-corrected chi connectivity index (χ2v) is 9.69. The summed E-state index contributed by atoms with van der Waals surface area (Å²) in [5.74, 6) is 0.801. The number of hydrogen-bond donors (Lipinski definition) is 1. The molecule has 2 aromatic heterocycles. The number of hydrogen-bond acceptors (Lipinski definition) is 6. The highest BCUT2D eigenvalue weighted by Gasteiger charge is 2.29. The fourth-order valence-corrected chi connectivity index (χ4v) is 4.64. The number of nitrogens with zero attached hydrogens (tertiary/aromatic N) is 3. The zero-order valence-electron chi connectivity index (χ0n) is 16.0. The van der Waals surface area contributed by atoms with Gasteiger partial charge in [-0.15, -0.1) is 11.3 Å². The molecular formula is C20H21BrN4O2S. The Hall–Kier alpha value is -2.19. The van der Waals surface area contributed by atoms with Crippen LogP contribution in [0.2, 0.25) is 0 Å². The molecule has 0 radical (unpaired) electrons. The Morgan fingerprint density at radius 1 is 1.25 bits per heavy atom. The molecule has 0 aliphatic carbocycles. The van der Waals surface area contributed by atoms with E-state index < -0.39 is 5.60 Å². The van der Waals surface area contributed by atoms with Gasteiger partial charge in [-0.1, -0.05) is 15.9 Å². The number of nitrogens with one attached hydrogen (secondary N) is 1. The lowest BCUT2D eigenvalue weighted by Crippen LogP contribution is -2.39. The summed E-state index contributed by atoms with van der Waals surface area (Å²) in [6, 6.07) is 7.98. The van der Waals surface area contributed by atoms with Gasteiger partial charge >= 0.3 is 6.09 Å². The van der Waals surface area contributed by atoms with Gasteiger partial charge in [-0.3, -0.25) is 0 Å². The number of thiophene rings is 1. The predicted molar refractivity (Wildman–Crippen MR) is 115 cm³/mol. The minimum Gasteiger partial charge on any atom is -0.444 e.